The van der Waals surface area contributed by atoms with Gasteiger partial charge in [-0.3, -0.25) is 0 Å². The summed E-state index contributed by atoms with van der Waals surface area (Å²) in [5.74, 6) is 2.19. The van der Waals surface area contributed by atoms with E-state index in [-0.39, 0.29) is 0 Å². The molecule has 4 aromatic rings. The van der Waals surface area contributed by atoms with Gasteiger partial charge in [0.15, 0.2) is 0 Å². The Labute approximate surface area is 255 Å². The van der Waals surface area contributed by atoms with E-state index in [4.69, 9.17) is 0 Å². The van der Waals surface area contributed by atoms with Crippen LogP contribution in [0.1, 0.15) is 125 Å². The van der Waals surface area contributed by atoms with E-state index in [0.29, 0.717) is 23.7 Å². The molecule has 0 bridgehead atoms. The molecule has 0 saturated carbocycles. The maximum Gasteiger partial charge on any atom is 0.0133 e. The van der Waals surface area contributed by atoms with Gasteiger partial charge in [0.25, 0.3) is 0 Å². The molecule has 0 aliphatic heterocycles. The lowest BCUT2D eigenvalue weighted by atomic mass is 9.66. The molecule has 0 radical (unpaired) electrons. The smallest absolute Gasteiger partial charge is 0.0133 e. The number of hydrogen-bond donors (Lipinski definition) is 0. The van der Waals surface area contributed by atoms with Gasteiger partial charge in [-0.25, -0.2) is 0 Å². The predicted molar refractivity (Wildman–Crippen MR) is 181 cm³/mol. The Kier molecular flexibility index (Phi) is 9.59. The minimum atomic E-state index is 0.476. The summed E-state index contributed by atoms with van der Waals surface area (Å²) in [4.78, 5) is 0. The number of hydrogen-bond acceptors (Lipinski definition) is 0. The van der Waals surface area contributed by atoms with Crippen LogP contribution in [0.4, 0.5) is 0 Å². The van der Waals surface area contributed by atoms with Crippen LogP contribution in [-0.2, 0) is 0 Å². The number of fused-ring (bicyclic) bond motifs is 6. The molecule has 0 N–H and O–H groups in total. The fourth-order valence-corrected chi connectivity index (χ4v) is 8.53. The van der Waals surface area contributed by atoms with E-state index >= 15 is 0 Å². The maximum absolute atomic E-state index is 2.46. The van der Waals surface area contributed by atoms with Crippen molar-refractivity contribution < 1.29 is 0 Å². The van der Waals surface area contributed by atoms with E-state index in [9.17, 15) is 0 Å². The highest BCUT2D eigenvalue weighted by Crippen LogP contribution is 2.58. The average molecular weight is 555 g/mol. The summed E-state index contributed by atoms with van der Waals surface area (Å²) in [7, 11) is 0. The highest BCUT2D eigenvalue weighted by molar-refractivity contribution is 5.80. The number of benzene rings is 4. The Morgan fingerprint density at radius 3 is 0.976 bits per heavy atom. The van der Waals surface area contributed by atoms with Gasteiger partial charge in [-0.05, 0) is 69.2 Å². The molecule has 42 heavy (non-hydrogen) atoms. The summed E-state index contributed by atoms with van der Waals surface area (Å²) in [6, 6.07) is 37.5. The Hall–Kier alpha value is -3.12. The fraction of sp³-hybridized carbons (Fsp3) is 0.429. The van der Waals surface area contributed by atoms with E-state index < -0.39 is 0 Å². The first-order valence-corrected chi connectivity index (χ1v) is 17.2. The SMILES string of the molecule is CCCCCCCC(C1c2ccccc2-c2ccccc21)C(CCCCCCC)C1c2ccccc2-c2ccccc21. The van der Waals surface area contributed by atoms with Crippen molar-refractivity contribution in [3.8, 4) is 22.3 Å². The Morgan fingerprint density at radius 1 is 0.381 bits per heavy atom. The molecule has 0 fully saturated rings. The van der Waals surface area contributed by atoms with E-state index in [1.54, 1.807) is 22.3 Å². The van der Waals surface area contributed by atoms with Crippen LogP contribution >= 0.6 is 0 Å². The molecule has 218 valence electrons. The maximum atomic E-state index is 2.46. The van der Waals surface area contributed by atoms with Gasteiger partial charge in [0.2, 0.25) is 0 Å². The number of rotatable bonds is 15. The second-order valence-electron chi connectivity index (χ2n) is 13.0. The first kappa shape index (κ1) is 29.0. The molecule has 0 heteroatoms. The van der Waals surface area contributed by atoms with Gasteiger partial charge in [0.05, 0.1) is 0 Å². The van der Waals surface area contributed by atoms with Crippen LogP contribution in [0, 0.1) is 11.8 Å². The third-order valence-corrected chi connectivity index (χ3v) is 10.5. The quantitative estimate of drug-likeness (QED) is 0.128. The van der Waals surface area contributed by atoms with E-state index in [1.807, 2.05) is 0 Å². The molecule has 0 amide bonds. The summed E-state index contributed by atoms with van der Waals surface area (Å²) in [5.41, 5.74) is 12.2. The van der Waals surface area contributed by atoms with E-state index in [1.165, 1.54) is 99.3 Å². The van der Waals surface area contributed by atoms with Gasteiger partial charge in [0, 0.05) is 11.8 Å². The molecular weight excluding hydrogens is 504 g/mol. The molecule has 0 saturated heterocycles. The van der Waals surface area contributed by atoms with Gasteiger partial charge in [-0.2, -0.15) is 0 Å². The summed E-state index contributed by atoms with van der Waals surface area (Å²) in [6.07, 6.45) is 16.1. The molecule has 4 aromatic carbocycles. The first-order valence-electron chi connectivity index (χ1n) is 17.2. The van der Waals surface area contributed by atoms with Crippen molar-refractivity contribution in [1.29, 1.82) is 0 Å². The van der Waals surface area contributed by atoms with Crippen molar-refractivity contribution in [3.05, 3.63) is 119 Å². The molecule has 0 nitrogen and oxygen atoms in total. The average Bonchev–Trinajstić information content (AvgIpc) is 3.55. The van der Waals surface area contributed by atoms with Gasteiger partial charge in [-0.15, -0.1) is 0 Å². The topological polar surface area (TPSA) is 0 Å². The lowest BCUT2D eigenvalue weighted by Crippen LogP contribution is -2.28. The van der Waals surface area contributed by atoms with Crippen molar-refractivity contribution in [2.24, 2.45) is 11.8 Å². The normalized spacial score (nSPS) is 15.2. The van der Waals surface area contributed by atoms with Crippen LogP contribution in [0.5, 0.6) is 0 Å². The second-order valence-corrected chi connectivity index (χ2v) is 13.0. The first-order chi connectivity index (χ1) is 20.8. The molecule has 0 spiro atoms. The third-order valence-electron chi connectivity index (χ3n) is 10.5. The third kappa shape index (κ3) is 5.75. The monoisotopic (exact) mass is 554 g/mol. The van der Waals surface area contributed by atoms with Crippen LogP contribution in [0.2, 0.25) is 0 Å². The predicted octanol–water partition coefficient (Wildman–Crippen LogP) is 12.6. The van der Waals surface area contributed by atoms with Gasteiger partial charge >= 0.3 is 0 Å². The molecular formula is C42H50. The van der Waals surface area contributed by atoms with Crippen LogP contribution in [-0.4, -0.2) is 0 Å². The molecule has 2 aliphatic carbocycles. The van der Waals surface area contributed by atoms with Crippen molar-refractivity contribution >= 4 is 0 Å². The highest BCUT2D eigenvalue weighted by Gasteiger charge is 2.43. The Bertz CT molecular complexity index is 1240. The molecule has 2 unspecified atom stereocenters. The summed E-state index contributed by atoms with van der Waals surface area (Å²) in [6.45, 7) is 4.66. The number of unbranched alkanes of at least 4 members (excludes halogenated alkanes) is 8. The fourth-order valence-electron chi connectivity index (χ4n) is 8.53. The van der Waals surface area contributed by atoms with E-state index in [0.717, 1.165) is 0 Å². The Morgan fingerprint density at radius 2 is 0.667 bits per heavy atom. The lowest BCUT2D eigenvalue weighted by Gasteiger charge is -2.38. The zero-order valence-corrected chi connectivity index (χ0v) is 26.0. The van der Waals surface area contributed by atoms with Crippen molar-refractivity contribution in [2.75, 3.05) is 0 Å². The highest BCUT2D eigenvalue weighted by atomic mass is 14.5. The van der Waals surface area contributed by atoms with Crippen LogP contribution in [0.25, 0.3) is 22.3 Å². The van der Waals surface area contributed by atoms with Gasteiger partial charge < -0.3 is 0 Å². The molecule has 0 heterocycles. The Balaban J connectivity index is 1.45. The second kappa shape index (κ2) is 13.9. The van der Waals surface area contributed by atoms with Crippen LogP contribution in [0.3, 0.4) is 0 Å². The van der Waals surface area contributed by atoms with Gasteiger partial charge in [-0.1, -0.05) is 175 Å². The minimum Gasteiger partial charge on any atom is -0.0654 e. The molecule has 2 atom stereocenters. The standard InChI is InChI=1S/C42H50/c1-3-5-7-9-11-25-39(41-35-27-17-13-21-31(35)32-22-14-18-28-36(32)41)40(26-12-10-8-6-4-2)42-37-29-19-15-23-33(37)34-24-16-20-30-38(34)42/h13-24,27-30,39-42H,3-12,25-26H2,1-2H3. The largest absolute Gasteiger partial charge is 0.0654 e. The van der Waals surface area contributed by atoms with Crippen LogP contribution < -0.4 is 0 Å². The summed E-state index contributed by atoms with van der Waals surface area (Å²) < 4.78 is 0. The van der Waals surface area contributed by atoms with Crippen molar-refractivity contribution in [3.63, 3.8) is 0 Å². The zero-order chi connectivity index (χ0) is 28.7. The van der Waals surface area contributed by atoms with Crippen molar-refractivity contribution in [1.82, 2.24) is 0 Å². The van der Waals surface area contributed by atoms with Crippen LogP contribution in [0.15, 0.2) is 97.1 Å². The lowest BCUT2D eigenvalue weighted by molar-refractivity contribution is 0.234. The molecule has 2 aliphatic rings. The summed E-state index contributed by atoms with van der Waals surface area (Å²) >= 11 is 0. The molecule has 0 aromatic heterocycles. The molecule has 6 rings (SSSR count). The minimum absolute atomic E-state index is 0.476. The van der Waals surface area contributed by atoms with Gasteiger partial charge in [0.1, 0.15) is 0 Å². The zero-order valence-electron chi connectivity index (χ0n) is 26.0. The summed E-state index contributed by atoms with van der Waals surface area (Å²) in [5, 5.41) is 0. The van der Waals surface area contributed by atoms with E-state index in [2.05, 4.69) is 111 Å². The van der Waals surface area contributed by atoms with Crippen molar-refractivity contribution in [2.45, 2.75) is 103 Å².